The molecule has 2 aliphatic rings. The van der Waals surface area contributed by atoms with Crippen molar-refractivity contribution in [2.45, 2.75) is 57.8 Å². The van der Waals surface area contributed by atoms with Gasteiger partial charge in [-0.25, -0.2) is 0 Å². The summed E-state index contributed by atoms with van der Waals surface area (Å²) in [6.07, 6.45) is 6.24. The van der Waals surface area contributed by atoms with E-state index < -0.39 is 0 Å². The lowest BCUT2D eigenvalue weighted by Gasteiger charge is -2.16. The lowest BCUT2D eigenvalue weighted by Crippen LogP contribution is -2.35. The topological polar surface area (TPSA) is 146 Å². The molecule has 5 N–H and O–H groups in total. The summed E-state index contributed by atoms with van der Waals surface area (Å²) in [6, 6.07) is 17.3. The second-order valence-electron chi connectivity index (χ2n) is 12.4. The first kappa shape index (κ1) is 34.0. The van der Waals surface area contributed by atoms with Crippen LogP contribution in [-0.4, -0.2) is 60.0 Å². The van der Waals surface area contributed by atoms with Gasteiger partial charge in [0.25, 0.3) is 5.91 Å². The molecule has 2 aromatic heterocycles. The van der Waals surface area contributed by atoms with E-state index in [1.165, 1.54) is 0 Å². The fourth-order valence-corrected chi connectivity index (χ4v) is 6.56. The Morgan fingerprint density at radius 2 is 1.65 bits per heavy atom. The van der Waals surface area contributed by atoms with E-state index in [9.17, 15) is 14.4 Å². The zero-order valence-electron chi connectivity index (χ0n) is 27.6. The standard InChI is InChI=1S/C37H40ClN7O4/c1-22-28(4-3-5-30(22)45-37(48)31-11-6-23(18-42-31)17-39-20-26-9-12-33(46)43-26)29-14-15-41-36(35(29)38)24-7-8-25(32(16-24)49-2)19-40-21-27-10-13-34(47)44-27/h3-8,11,14-16,18,26-27,39-40H,9-10,12-13,17,19-21H2,1-2H3,(H,43,46)(H,44,47)(H,45,48)/t26-,27+/m1/s1. The van der Waals surface area contributed by atoms with Crippen molar-refractivity contribution in [2.24, 2.45) is 0 Å². The number of hydrogen-bond acceptors (Lipinski definition) is 8. The smallest absolute Gasteiger partial charge is 0.274 e. The maximum atomic E-state index is 13.2. The Labute approximate surface area is 290 Å². The van der Waals surface area contributed by atoms with Crippen molar-refractivity contribution < 1.29 is 19.1 Å². The van der Waals surface area contributed by atoms with E-state index in [0.717, 1.165) is 46.2 Å². The molecule has 6 rings (SSSR count). The van der Waals surface area contributed by atoms with Crippen LogP contribution in [-0.2, 0) is 22.7 Å². The summed E-state index contributed by atoms with van der Waals surface area (Å²) in [7, 11) is 1.64. The van der Waals surface area contributed by atoms with Gasteiger partial charge in [-0.15, -0.1) is 0 Å². The van der Waals surface area contributed by atoms with Gasteiger partial charge in [-0.2, -0.15) is 0 Å². The Hall–Kier alpha value is -4.84. The molecule has 4 heterocycles. The number of pyridine rings is 2. The molecule has 11 nitrogen and oxygen atoms in total. The molecular weight excluding hydrogens is 642 g/mol. The zero-order valence-corrected chi connectivity index (χ0v) is 28.3. The van der Waals surface area contributed by atoms with Gasteiger partial charge in [-0.1, -0.05) is 41.9 Å². The molecule has 0 radical (unpaired) electrons. The summed E-state index contributed by atoms with van der Waals surface area (Å²) in [5, 5.41) is 16.2. The van der Waals surface area contributed by atoms with Crippen molar-refractivity contribution >= 4 is 35.0 Å². The van der Waals surface area contributed by atoms with Crippen LogP contribution in [0.5, 0.6) is 5.75 Å². The summed E-state index contributed by atoms with van der Waals surface area (Å²) < 4.78 is 5.71. The molecule has 0 saturated carbocycles. The van der Waals surface area contributed by atoms with Crippen LogP contribution in [0.4, 0.5) is 5.69 Å². The molecule has 2 fully saturated rings. The Balaban J connectivity index is 1.12. The van der Waals surface area contributed by atoms with Crippen LogP contribution in [0.15, 0.2) is 67.0 Å². The summed E-state index contributed by atoms with van der Waals surface area (Å²) >= 11 is 7.03. The number of halogens is 1. The Bertz CT molecular complexity index is 1850. The molecule has 3 amide bonds. The number of aromatic nitrogens is 2. The normalized spacial score (nSPS) is 17.1. The van der Waals surface area contributed by atoms with Crippen molar-refractivity contribution in [2.75, 3.05) is 25.5 Å². The number of rotatable bonds is 13. The monoisotopic (exact) mass is 681 g/mol. The highest BCUT2D eigenvalue weighted by atomic mass is 35.5. The third-order valence-corrected chi connectivity index (χ3v) is 9.36. The average Bonchev–Trinajstić information content (AvgIpc) is 3.73. The van der Waals surface area contributed by atoms with Crippen LogP contribution < -0.4 is 31.3 Å². The predicted octanol–water partition coefficient (Wildman–Crippen LogP) is 4.77. The van der Waals surface area contributed by atoms with Gasteiger partial charge in [0.15, 0.2) is 0 Å². The first-order chi connectivity index (χ1) is 23.8. The van der Waals surface area contributed by atoms with Gasteiger partial charge in [0.2, 0.25) is 11.8 Å². The minimum absolute atomic E-state index is 0.0965. The highest BCUT2D eigenvalue weighted by Crippen LogP contribution is 2.39. The maximum absolute atomic E-state index is 13.2. The summed E-state index contributed by atoms with van der Waals surface area (Å²) in [5.74, 6) is 0.592. The molecule has 2 atom stereocenters. The van der Waals surface area contributed by atoms with Crippen molar-refractivity contribution in [3.63, 3.8) is 0 Å². The largest absolute Gasteiger partial charge is 0.496 e. The van der Waals surface area contributed by atoms with Gasteiger partial charge >= 0.3 is 0 Å². The number of nitrogens with one attached hydrogen (secondary N) is 5. The van der Waals surface area contributed by atoms with Crippen molar-refractivity contribution in [3.05, 3.63) is 94.4 Å². The third-order valence-electron chi connectivity index (χ3n) is 8.98. The molecule has 0 aliphatic carbocycles. The minimum Gasteiger partial charge on any atom is -0.496 e. The number of nitrogens with zero attached hydrogens (tertiary/aromatic N) is 2. The maximum Gasteiger partial charge on any atom is 0.274 e. The van der Waals surface area contributed by atoms with E-state index in [2.05, 4.69) is 36.6 Å². The third kappa shape index (κ3) is 8.25. The van der Waals surface area contributed by atoms with Gasteiger partial charge in [-0.05, 0) is 60.7 Å². The lowest BCUT2D eigenvalue weighted by molar-refractivity contribution is -0.120. The fourth-order valence-electron chi connectivity index (χ4n) is 6.24. The molecule has 4 aromatic rings. The van der Waals surface area contributed by atoms with Gasteiger partial charge in [0.1, 0.15) is 11.4 Å². The molecule has 2 saturated heterocycles. The number of hydrogen-bond donors (Lipinski definition) is 5. The van der Waals surface area contributed by atoms with E-state index in [4.69, 9.17) is 16.3 Å². The quantitative estimate of drug-likeness (QED) is 0.136. The van der Waals surface area contributed by atoms with E-state index in [0.29, 0.717) is 66.9 Å². The van der Waals surface area contributed by atoms with Crippen LogP contribution in [0.25, 0.3) is 22.4 Å². The molecule has 2 aromatic carbocycles. The fraction of sp³-hybridized carbons (Fsp3) is 0.324. The molecule has 0 bridgehead atoms. The molecule has 0 spiro atoms. The molecule has 49 heavy (non-hydrogen) atoms. The van der Waals surface area contributed by atoms with Crippen LogP contribution in [0.2, 0.25) is 5.02 Å². The van der Waals surface area contributed by atoms with Crippen molar-refractivity contribution in [3.8, 4) is 28.1 Å². The van der Waals surface area contributed by atoms with E-state index in [1.54, 1.807) is 25.6 Å². The van der Waals surface area contributed by atoms with E-state index in [1.807, 2.05) is 55.5 Å². The highest BCUT2D eigenvalue weighted by Gasteiger charge is 2.22. The van der Waals surface area contributed by atoms with Gasteiger partial charge in [0, 0.05) is 85.9 Å². The molecule has 2 aliphatic heterocycles. The predicted molar refractivity (Wildman–Crippen MR) is 189 cm³/mol. The average molecular weight is 682 g/mol. The molecular formula is C37H40ClN7O4. The zero-order chi connectivity index (χ0) is 34.3. The number of anilines is 1. The number of ether oxygens (including phenoxy) is 1. The molecule has 254 valence electrons. The summed E-state index contributed by atoms with van der Waals surface area (Å²) in [4.78, 5) is 45.1. The van der Waals surface area contributed by atoms with Crippen molar-refractivity contribution in [1.82, 2.24) is 31.2 Å². The van der Waals surface area contributed by atoms with Crippen LogP contribution in [0, 0.1) is 6.92 Å². The van der Waals surface area contributed by atoms with Gasteiger partial charge in [-0.3, -0.25) is 24.4 Å². The second-order valence-corrected chi connectivity index (χ2v) is 12.8. The first-order valence-electron chi connectivity index (χ1n) is 16.5. The Kier molecular flexibility index (Phi) is 10.8. The van der Waals surface area contributed by atoms with Crippen LogP contribution in [0.3, 0.4) is 0 Å². The number of amides is 3. The number of carbonyl (C=O) groups is 3. The molecule has 0 unspecified atom stereocenters. The Morgan fingerprint density at radius 3 is 2.31 bits per heavy atom. The number of carbonyl (C=O) groups excluding carboxylic acids is 3. The summed E-state index contributed by atoms with van der Waals surface area (Å²) in [6.45, 7) is 4.50. The van der Waals surface area contributed by atoms with Gasteiger partial charge in [0.05, 0.1) is 17.8 Å². The van der Waals surface area contributed by atoms with Crippen molar-refractivity contribution in [1.29, 1.82) is 0 Å². The SMILES string of the molecule is COc1cc(-c2nccc(-c3cccc(NC(=O)c4ccc(CNC[C@H]5CCC(=O)N5)cn4)c3C)c2Cl)ccc1CNC[C@@H]1CCC(=O)N1. The molecule has 12 heteroatoms. The number of benzene rings is 2. The van der Waals surface area contributed by atoms with Crippen LogP contribution in [0.1, 0.15) is 52.9 Å². The highest BCUT2D eigenvalue weighted by molar-refractivity contribution is 6.35. The first-order valence-corrected chi connectivity index (χ1v) is 16.8. The minimum atomic E-state index is -0.315. The summed E-state index contributed by atoms with van der Waals surface area (Å²) in [5.41, 5.74) is 6.82. The number of methoxy groups -OCH3 is 1. The second kappa shape index (κ2) is 15.6. The van der Waals surface area contributed by atoms with E-state index >= 15 is 0 Å². The Morgan fingerprint density at radius 1 is 0.918 bits per heavy atom. The van der Waals surface area contributed by atoms with E-state index in [-0.39, 0.29) is 29.8 Å². The van der Waals surface area contributed by atoms with Crippen LogP contribution >= 0.6 is 11.6 Å². The van der Waals surface area contributed by atoms with Gasteiger partial charge < -0.3 is 31.3 Å². The lowest BCUT2D eigenvalue weighted by atomic mass is 9.97.